The predicted molar refractivity (Wildman–Crippen MR) is 59.8 cm³/mol. The first-order valence-corrected chi connectivity index (χ1v) is 4.97. The van der Waals surface area contributed by atoms with Gasteiger partial charge in [-0.25, -0.2) is 0 Å². The van der Waals surface area contributed by atoms with E-state index in [2.05, 4.69) is 15.5 Å². The Morgan fingerprint density at radius 1 is 1.41 bits per heavy atom. The zero-order valence-electron chi connectivity index (χ0n) is 9.39. The van der Waals surface area contributed by atoms with Crippen LogP contribution in [0.4, 0.5) is 6.01 Å². The first-order chi connectivity index (χ1) is 8.06. The van der Waals surface area contributed by atoms with Crippen LogP contribution in [-0.2, 0) is 0 Å². The van der Waals surface area contributed by atoms with Gasteiger partial charge < -0.3 is 9.63 Å². The van der Waals surface area contributed by atoms with E-state index in [0.29, 0.717) is 5.82 Å². The molecule has 17 heavy (non-hydrogen) atoms. The van der Waals surface area contributed by atoms with Gasteiger partial charge in [-0.3, -0.25) is 10.1 Å². The lowest BCUT2D eigenvalue weighted by atomic mass is 10.1. The Kier molecular flexibility index (Phi) is 2.78. The van der Waals surface area contributed by atoms with Gasteiger partial charge in [-0.1, -0.05) is 11.2 Å². The molecule has 0 aliphatic rings. The summed E-state index contributed by atoms with van der Waals surface area (Å²) in [5, 5.41) is 15.6. The number of hydrogen-bond acceptors (Lipinski definition) is 5. The van der Waals surface area contributed by atoms with Gasteiger partial charge in [0, 0.05) is 0 Å². The van der Waals surface area contributed by atoms with Gasteiger partial charge in [-0.15, -0.1) is 0 Å². The molecular formula is C11H11N3O3. The van der Waals surface area contributed by atoms with Crippen molar-refractivity contribution in [2.45, 2.75) is 13.8 Å². The van der Waals surface area contributed by atoms with Crippen molar-refractivity contribution < 1.29 is 14.4 Å². The smallest absolute Gasteiger partial charge is 0.328 e. The molecule has 6 nitrogen and oxygen atoms in total. The minimum Gasteiger partial charge on any atom is -0.507 e. The second-order valence-electron chi connectivity index (χ2n) is 3.62. The largest absolute Gasteiger partial charge is 0.507 e. The van der Waals surface area contributed by atoms with Crippen LogP contribution in [0.2, 0.25) is 0 Å². The number of nitrogens with one attached hydrogen (secondary N) is 1. The van der Waals surface area contributed by atoms with Crippen LogP contribution in [-0.4, -0.2) is 21.2 Å². The first-order valence-electron chi connectivity index (χ1n) is 4.97. The van der Waals surface area contributed by atoms with Crippen LogP contribution in [0, 0.1) is 13.8 Å². The fraction of sp³-hybridized carbons (Fsp3) is 0.182. The van der Waals surface area contributed by atoms with Gasteiger partial charge in [0.1, 0.15) is 5.75 Å². The van der Waals surface area contributed by atoms with Crippen molar-refractivity contribution in [2.75, 3.05) is 5.32 Å². The highest BCUT2D eigenvalue weighted by Crippen LogP contribution is 2.19. The van der Waals surface area contributed by atoms with Crippen molar-refractivity contribution in [3.63, 3.8) is 0 Å². The van der Waals surface area contributed by atoms with Gasteiger partial charge in [-0.05, 0) is 31.5 Å². The molecule has 1 heterocycles. The summed E-state index contributed by atoms with van der Waals surface area (Å²) in [4.78, 5) is 15.6. The van der Waals surface area contributed by atoms with E-state index in [9.17, 15) is 9.90 Å². The number of benzene rings is 1. The number of hydrogen-bond donors (Lipinski definition) is 2. The van der Waals surface area contributed by atoms with Crippen LogP contribution >= 0.6 is 0 Å². The Balaban J connectivity index is 2.20. The van der Waals surface area contributed by atoms with Crippen molar-refractivity contribution in [1.29, 1.82) is 0 Å². The minimum atomic E-state index is -0.494. The van der Waals surface area contributed by atoms with Gasteiger partial charge in [0.15, 0.2) is 5.82 Å². The Bertz CT molecular complexity index is 563. The van der Waals surface area contributed by atoms with E-state index in [0.717, 1.165) is 5.56 Å². The molecule has 0 spiro atoms. The topological polar surface area (TPSA) is 88.3 Å². The molecule has 1 aromatic carbocycles. The highest BCUT2D eigenvalue weighted by Gasteiger charge is 2.13. The number of carbonyl (C=O) groups excluding carboxylic acids is 1. The van der Waals surface area contributed by atoms with E-state index in [1.165, 1.54) is 12.1 Å². The van der Waals surface area contributed by atoms with Crippen LogP contribution in [0.3, 0.4) is 0 Å². The summed E-state index contributed by atoms with van der Waals surface area (Å²) in [6.07, 6.45) is 0. The zero-order valence-corrected chi connectivity index (χ0v) is 9.39. The quantitative estimate of drug-likeness (QED) is 0.823. The Labute approximate surface area is 97.3 Å². The average Bonchev–Trinajstić information content (AvgIpc) is 2.63. The van der Waals surface area contributed by atoms with Crippen molar-refractivity contribution >= 4 is 11.9 Å². The summed E-state index contributed by atoms with van der Waals surface area (Å²) < 4.78 is 4.75. The number of amides is 1. The fourth-order valence-electron chi connectivity index (χ4n) is 1.35. The molecule has 2 rings (SSSR count). The highest BCUT2D eigenvalue weighted by molar-refractivity contribution is 6.05. The number of carbonyl (C=O) groups is 1. The Morgan fingerprint density at radius 3 is 2.76 bits per heavy atom. The second kappa shape index (κ2) is 4.25. The first kappa shape index (κ1) is 11.1. The molecular weight excluding hydrogens is 222 g/mol. The second-order valence-corrected chi connectivity index (χ2v) is 3.62. The predicted octanol–water partition coefficient (Wildman–Crippen LogP) is 1.64. The molecule has 0 bridgehead atoms. The monoisotopic (exact) mass is 233 g/mol. The molecule has 0 saturated carbocycles. The van der Waals surface area contributed by atoms with Gasteiger partial charge >= 0.3 is 6.01 Å². The van der Waals surface area contributed by atoms with Gasteiger partial charge in [0.25, 0.3) is 5.91 Å². The molecule has 0 atom stereocenters. The summed E-state index contributed by atoms with van der Waals surface area (Å²) >= 11 is 0. The molecule has 2 N–H and O–H groups in total. The van der Waals surface area contributed by atoms with E-state index in [1.807, 2.05) is 6.92 Å². The third-order valence-electron chi connectivity index (χ3n) is 2.15. The Hall–Kier alpha value is -2.37. The highest BCUT2D eigenvalue weighted by atomic mass is 16.5. The van der Waals surface area contributed by atoms with E-state index >= 15 is 0 Å². The fourth-order valence-corrected chi connectivity index (χ4v) is 1.35. The maximum Gasteiger partial charge on any atom is 0.328 e. The molecule has 0 aliphatic heterocycles. The van der Waals surface area contributed by atoms with Gasteiger partial charge in [-0.2, -0.15) is 4.98 Å². The van der Waals surface area contributed by atoms with Crippen molar-refractivity contribution in [2.24, 2.45) is 0 Å². The SMILES string of the molecule is Cc1ccc(C(=O)Nc2nc(C)no2)c(O)c1. The van der Waals surface area contributed by atoms with E-state index < -0.39 is 5.91 Å². The van der Waals surface area contributed by atoms with E-state index in [-0.39, 0.29) is 17.3 Å². The number of anilines is 1. The molecule has 0 fully saturated rings. The normalized spacial score (nSPS) is 10.2. The third kappa shape index (κ3) is 2.41. The summed E-state index contributed by atoms with van der Waals surface area (Å²) in [6, 6.07) is 4.78. The number of aromatic hydroxyl groups is 1. The van der Waals surface area contributed by atoms with Gasteiger partial charge in [0.2, 0.25) is 0 Å². The molecule has 1 amide bonds. The molecule has 88 valence electrons. The standard InChI is InChI=1S/C11H11N3O3/c1-6-3-4-8(9(15)5-6)10(16)13-11-12-7(2)14-17-11/h3-5,15H,1-2H3,(H,12,13,14,16). The molecule has 1 aromatic heterocycles. The maximum atomic E-state index is 11.8. The molecule has 0 aliphatic carbocycles. The molecule has 0 saturated heterocycles. The van der Waals surface area contributed by atoms with Crippen molar-refractivity contribution in [1.82, 2.24) is 10.1 Å². The maximum absolute atomic E-state index is 11.8. The van der Waals surface area contributed by atoms with E-state index in [4.69, 9.17) is 4.52 Å². The number of phenols is 1. The van der Waals surface area contributed by atoms with Crippen LogP contribution < -0.4 is 5.32 Å². The lowest BCUT2D eigenvalue weighted by Crippen LogP contribution is -2.12. The number of aryl methyl sites for hydroxylation is 2. The lowest BCUT2D eigenvalue weighted by Gasteiger charge is -2.03. The molecule has 0 radical (unpaired) electrons. The minimum absolute atomic E-state index is 0.00692. The zero-order chi connectivity index (χ0) is 12.4. The third-order valence-corrected chi connectivity index (χ3v) is 2.15. The van der Waals surface area contributed by atoms with Crippen LogP contribution in [0.15, 0.2) is 22.7 Å². The number of aromatic nitrogens is 2. The Morgan fingerprint density at radius 2 is 2.18 bits per heavy atom. The number of phenolic OH excluding ortho intramolecular Hbond substituents is 1. The molecule has 6 heteroatoms. The van der Waals surface area contributed by atoms with Crippen molar-refractivity contribution in [3.8, 4) is 5.75 Å². The van der Waals surface area contributed by atoms with Crippen LogP contribution in [0.25, 0.3) is 0 Å². The number of rotatable bonds is 2. The lowest BCUT2D eigenvalue weighted by molar-refractivity contribution is 0.102. The summed E-state index contributed by atoms with van der Waals surface area (Å²) in [5.74, 6) is -0.154. The van der Waals surface area contributed by atoms with Crippen LogP contribution in [0.5, 0.6) is 5.75 Å². The molecule has 0 unspecified atom stereocenters. The van der Waals surface area contributed by atoms with Crippen LogP contribution in [0.1, 0.15) is 21.7 Å². The van der Waals surface area contributed by atoms with E-state index in [1.54, 1.807) is 13.0 Å². The molecule has 2 aromatic rings. The average molecular weight is 233 g/mol. The van der Waals surface area contributed by atoms with Gasteiger partial charge in [0.05, 0.1) is 5.56 Å². The van der Waals surface area contributed by atoms with Crippen molar-refractivity contribution in [3.05, 3.63) is 35.2 Å². The number of nitrogens with zero attached hydrogens (tertiary/aromatic N) is 2. The summed E-state index contributed by atoms with van der Waals surface area (Å²) in [5.41, 5.74) is 1.03. The summed E-state index contributed by atoms with van der Waals surface area (Å²) in [7, 11) is 0. The summed E-state index contributed by atoms with van der Waals surface area (Å²) in [6.45, 7) is 3.46.